The molecule has 1 N–H and O–H groups in total. The summed E-state index contributed by atoms with van der Waals surface area (Å²) in [5.41, 5.74) is 3.23. The molecular weight excluding hydrogens is 390 g/mol. The lowest BCUT2D eigenvalue weighted by atomic mass is 9.85. The van der Waals surface area contributed by atoms with E-state index < -0.39 is 0 Å². The summed E-state index contributed by atoms with van der Waals surface area (Å²) in [6, 6.07) is 18.3. The summed E-state index contributed by atoms with van der Waals surface area (Å²) in [4.78, 5) is 21.2. The van der Waals surface area contributed by atoms with Crippen molar-refractivity contribution >= 4 is 11.7 Å². The molecule has 31 heavy (non-hydrogen) atoms. The van der Waals surface area contributed by atoms with Crippen molar-refractivity contribution < 1.29 is 9.32 Å². The molecule has 7 heteroatoms. The molecule has 0 radical (unpaired) electrons. The van der Waals surface area contributed by atoms with E-state index in [9.17, 15) is 4.79 Å². The highest BCUT2D eigenvalue weighted by Crippen LogP contribution is 2.36. The maximum absolute atomic E-state index is 12.5. The quantitative estimate of drug-likeness (QED) is 0.678. The smallest absolute Gasteiger partial charge is 0.317 e. The van der Waals surface area contributed by atoms with E-state index in [0.29, 0.717) is 31.4 Å². The first kappa shape index (κ1) is 19.6. The highest BCUT2D eigenvalue weighted by molar-refractivity contribution is 5.74. The van der Waals surface area contributed by atoms with Crippen LogP contribution in [0.5, 0.6) is 0 Å². The van der Waals surface area contributed by atoms with Crippen molar-refractivity contribution in [3.05, 3.63) is 66.1 Å². The summed E-state index contributed by atoms with van der Waals surface area (Å²) in [6.07, 6.45) is 3.55. The molecule has 2 aromatic carbocycles. The minimum atomic E-state index is -0.00164. The van der Waals surface area contributed by atoms with Crippen LogP contribution in [0.15, 0.2) is 59.1 Å². The Morgan fingerprint density at radius 2 is 1.74 bits per heavy atom. The van der Waals surface area contributed by atoms with Gasteiger partial charge in [0, 0.05) is 49.9 Å². The van der Waals surface area contributed by atoms with Gasteiger partial charge >= 0.3 is 6.03 Å². The summed E-state index contributed by atoms with van der Waals surface area (Å²) in [5, 5.41) is 7.16. The molecule has 3 aromatic rings. The summed E-state index contributed by atoms with van der Waals surface area (Å²) >= 11 is 0. The molecule has 160 valence electrons. The molecule has 1 aromatic heterocycles. The van der Waals surface area contributed by atoms with Crippen molar-refractivity contribution in [1.29, 1.82) is 0 Å². The van der Waals surface area contributed by atoms with Crippen molar-refractivity contribution in [2.75, 3.05) is 31.1 Å². The van der Waals surface area contributed by atoms with Gasteiger partial charge in [0.25, 0.3) is 0 Å². The predicted octanol–water partition coefficient (Wildman–Crippen LogP) is 4.04. The summed E-state index contributed by atoms with van der Waals surface area (Å²) in [7, 11) is 0. The number of hydrogen-bond acceptors (Lipinski definition) is 5. The average Bonchev–Trinajstić information content (AvgIpc) is 3.27. The van der Waals surface area contributed by atoms with Crippen LogP contribution in [-0.2, 0) is 6.54 Å². The number of rotatable bonds is 5. The Balaban J connectivity index is 1.13. The number of carbonyl (C=O) groups excluding carboxylic acids is 1. The van der Waals surface area contributed by atoms with Gasteiger partial charge in [-0.1, -0.05) is 41.9 Å². The van der Waals surface area contributed by atoms with Crippen LogP contribution in [0.1, 0.15) is 36.6 Å². The summed E-state index contributed by atoms with van der Waals surface area (Å²) < 4.78 is 5.44. The zero-order chi connectivity index (χ0) is 21.0. The Hall–Kier alpha value is -3.35. The first-order chi connectivity index (χ1) is 15.3. The molecular formula is C24H27N5O2. The topological polar surface area (TPSA) is 74.5 Å². The standard InChI is InChI=1S/C24H27N5O2/c30-24(25-17-18-5-2-1-3-6-18)29-15-13-28(14-16-29)21-11-9-19(10-12-21)22-26-23(31-27-22)20-7-4-8-20/h1-3,5-6,9-12,20H,4,7-8,13-17H2,(H,25,30). The van der Waals surface area contributed by atoms with Crippen LogP contribution in [0.2, 0.25) is 0 Å². The van der Waals surface area contributed by atoms with Crippen LogP contribution in [0.3, 0.4) is 0 Å². The third kappa shape index (κ3) is 4.40. The number of nitrogens with one attached hydrogen (secondary N) is 1. The zero-order valence-corrected chi connectivity index (χ0v) is 17.5. The lowest BCUT2D eigenvalue weighted by Gasteiger charge is -2.36. The van der Waals surface area contributed by atoms with Crippen molar-refractivity contribution in [1.82, 2.24) is 20.4 Å². The molecule has 2 heterocycles. The Bertz CT molecular complexity index is 1010. The monoisotopic (exact) mass is 417 g/mol. The minimum absolute atomic E-state index is 0.00164. The molecule has 0 atom stereocenters. The van der Waals surface area contributed by atoms with Crippen LogP contribution in [0.25, 0.3) is 11.4 Å². The molecule has 1 saturated carbocycles. The molecule has 5 rings (SSSR count). The molecule has 1 saturated heterocycles. The minimum Gasteiger partial charge on any atom is -0.368 e. The fraction of sp³-hybridized carbons (Fsp3) is 0.375. The maximum atomic E-state index is 12.5. The van der Waals surface area contributed by atoms with Crippen LogP contribution in [0, 0.1) is 0 Å². The van der Waals surface area contributed by atoms with E-state index in [-0.39, 0.29) is 6.03 Å². The number of urea groups is 1. The lowest BCUT2D eigenvalue weighted by molar-refractivity contribution is 0.194. The highest BCUT2D eigenvalue weighted by Gasteiger charge is 2.26. The van der Waals surface area contributed by atoms with Crippen LogP contribution < -0.4 is 10.2 Å². The van der Waals surface area contributed by atoms with Gasteiger partial charge in [-0.15, -0.1) is 0 Å². The highest BCUT2D eigenvalue weighted by atomic mass is 16.5. The van der Waals surface area contributed by atoms with E-state index in [2.05, 4.69) is 32.5 Å². The third-order valence-electron chi connectivity index (χ3n) is 6.24. The number of amides is 2. The van der Waals surface area contributed by atoms with Gasteiger partial charge in [-0.05, 0) is 42.7 Å². The fourth-order valence-electron chi connectivity index (χ4n) is 4.05. The van der Waals surface area contributed by atoms with E-state index in [4.69, 9.17) is 4.52 Å². The second kappa shape index (κ2) is 8.79. The first-order valence-electron chi connectivity index (χ1n) is 11.0. The van der Waals surface area contributed by atoms with Crippen molar-refractivity contribution in [3.63, 3.8) is 0 Å². The number of carbonyl (C=O) groups is 1. The predicted molar refractivity (Wildman–Crippen MR) is 119 cm³/mol. The SMILES string of the molecule is O=C(NCc1ccccc1)N1CCN(c2ccc(-c3noc(C4CCC4)n3)cc2)CC1. The second-order valence-electron chi connectivity index (χ2n) is 8.25. The normalized spacial score (nSPS) is 16.8. The molecule has 2 aliphatic rings. The first-order valence-corrected chi connectivity index (χ1v) is 11.0. The largest absolute Gasteiger partial charge is 0.368 e. The molecule has 0 spiro atoms. The second-order valence-corrected chi connectivity index (χ2v) is 8.25. The van der Waals surface area contributed by atoms with Crippen molar-refractivity contribution in [2.45, 2.75) is 31.7 Å². The molecule has 7 nitrogen and oxygen atoms in total. The zero-order valence-electron chi connectivity index (χ0n) is 17.5. The summed E-state index contributed by atoms with van der Waals surface area (Å²) in [6.45, 7) is 3.59. The molecule has 1 aliphatic carbocycles. The van der Waals surface area contributed by atoms with Gasteiger partial charge < -0.3 is 19.6 Å². The molecule has 2 fully saturated rings. The van der Waals surface area contributed by atoms with Gasteiger partial charge in [0.2, 0.25) is 11.7 Å². The van der Waals surface area contributed by atoms with E-state index in [1.54, 1.807) is 0 Å². The molecule has 0 unspecified atom stereocenters. The van der Waals surface area contributed by atoms with Gasteiger partial charge in [-0.2, -0.15) is 4.98 Å². The number of aromatic nitrogens is 2. The van der Waals surface area contributed by atoms with Gasteiger partial charge in [-0.25, -0.2) is 4.79 Å². The number of benzene rings is 2. The van der Waals surface area contributed by atoms with Gasteiger partial charge in [0.05, 0.1) is 0 Å². The Morgan fingerprint density at radius 3 is 2.42 bits per heavy atom. The maximum Gasteiger partial charge on any atom is 0.317 e. The van der Waals surface area contributed by atoms with Gasteiger partial charge in [0.1, 0.15) is 0 Å². The third-order valence-corrected chi connectivity index (χ3v) is 6.24. The molecule has 1 aliphatic heterocycles. The lowest BCUT2D eigenvalue weighted by Crippen LogP contribution is -2.51. The van der Waals surface area contributed by atoms with Crippen molar-refractivity contribution in [3.8, 4) is 11.4 Å². The Morgan fingerprint density at radius 1 is 1.00 bits per heavy atom. The number of anilines is 1. The van der Waals surface area contributed by atoms with E-state index in [1.165, 1.54) is 6.42 Å². The molecule has 2 amide bonds. The molecule has 0 bridgehead atoms. The number of piperazine rings is 1. The van der Waals surface area contributed by atoms with Gasteiger partial charge in [-0.3, -0.25) is 0 Å². The Labute approximate surface area is 182 Å². The van der Waals surface area contributed by atoms with Crippen molar-refractivity contribution in [2.24, 2.45) is 0 Å². The van der Waals surface area contributed by atoms with E-state index >= 15 is 0 Å². The average molecular weight is 418 g/mol. The van der Waals surface area contributed by atoms with Crippen LogP contribution >= 0.6 is 0 Å². The van der Waals surface area contributed by atoms with E-state index in [0.717, 1.165) is 48.6 Å². The summed E-state index contributed by atoms with van der Waals surface area (Å²) in [5.74, 6) is 1.88. The Kier molecular flexibility index (Phi) is 5.56. The van der Waals surface area contributed by atoms with Crippen LogP contribution in [-0.4, -0.2) is 47.3 Å². The van der Waals surface area contributed by atoms with Crippen LogP contribution in [0.4, 0.5) is 10.5 Å². The van der Waals surface area contributed by atoms with Gasteiger partial charge in [0.15, 0.2) is 0 Å². The number of nitrogens with zero attached hydrogens (tertiary/aromatic N) is 4. The fourth-order valence-corrected chi connectivity index (χ4v) is 4.05. The van der Waals surface area contributed by atoms with E-state index in [1.807, 2.05) is 47.4 Å². The number of hydrogen-bond donors (Lipinski definition) is 1.